The van der Waals surface area contributed by atoms with Gasteiger partial charge in [0.15, 0.2) is 0 Å². The van der Waals surface area contributed by atoms with E-state index in [0.29, 0.717) is 11.5 Å². The van der Waals surface area contributed by atoms with Crippen molar-refractivity contribution in [1.82, 2.24) is 10.2 Å². The predicted octanol–water partition coefficient (Wildman–Crippen LogP) is 1.04. The largest absolute Gasteiger partial charge is 0.392 e. The molecule has 0 saturated heterocycles. The van der Waals surface area contributed by atoms with Gasteiger partial charge in [0.1, 0.15) is 0 Å². The molecule has 0 aromatic heterocycles. The Morgan fingerprint density at radius 2 is 2.17 bits per heavy atom. The summed E-state index contributed by atoms with van der Waals surface area (Å²) < 4.78 is 0. The minimum Gasteiger partial charge on any atom is -0.392 e. The van der Waals surface area contributed by atoms with Gasteiger partial charge < -0.3 is 11.1 Å². The van der Waals surface area contributed by atoms with Crippen molar-refractivity contribution in [3.8, 4) is 0 Å². The third-order valence-electron chi connectivity index (χ3n) is 4.27. The van der Waals surface area contributed by atoms with E-state index in [2.05, 4.69) is 17.1 Å². The molecule has 0 atom stereocenters. The first-order chi connectivity index (χ1) is 8.60. The van der Waals surface area contributed by atoms with Gasteiger partial charge in [0.05, 0.1) is 10.4 Å². The lowest BCUT2D eigenvalue weighted by atomic mass is 9.68. The number of nitrogens with two attached hydrogens (primary N) is 1. The van der Waals surface area contributed by atoms with Gasteiger partial charge in [-0.1, -0.05) is 25.6 Å². The van der Waals surface area contributed by atoms with Crippen LogP contribution in [0.2, 0.25) is 0 Å². The molecule has 0 aromatic carbocycles. The average molecular weight is 269 g/mol. The Morgan fingerprint density at radius 1 is 1.50 bits per heavy atom. The third-order valence-corrected chi connectivity index (χ3v) is 4.66. The van der Waals surface area contributed by atoms with Crippen LogP contribution in [-0.4, -0.2) is 41.5 Å². The molecule has 2 aliphatic carbocycles. The molecule has 2 rings (SSSR count). The van der Waals surface area contributed by atoms with Crippen molar-refractivity contribution in [2.24, 2.45) is 11.1 Å². The van der Waals surface area contributed by atoms with Crippen LogP contribution in [0.5, 0.6) is 0 Å². The van der Waals surface area contributed by atoms with E-state index in [1.807, 2.05) is 0 Å². The monoisotopic (exact) mass is 269 g/mol. The van der Waals surface area contributed by atoms with Gasteiger partial charge in [0.25, 0.3) is 0 Å². The Balaban J connectivity index is 1.75. The van der Waals surface area contributed by atoms with Crippen molar-refractivity contribution in [3.05, 3.63) is 0 Å². The second-order valence-electron chi connectivity index (χ2n) is 5.42. The summed E-state index contributed by atoms with van der Waals surface area (Å²) in [6.07, 6.45) is 5.29. The summed E-state index contributed by atoms with van der Waals surface area (Å²) in [7, 11) is 0. The molecule has 0 aromatic rings. The molecule has 0 heterocycles. The molecule has 0 aliphatic heterocycles. The molecule has 3 N–H and O–H groups in total. The van der Waals surface area contributed by atoms with E-state index in [9.17, 15) is 4.79 Å². The Bertz CT molecular complexity index is 337. The number of amides is 1. The highest BCUT2D eigenvalue weighted by atomic mass is 32.1. The molecule has 4 nitrogen and oxygen atoms in total. The average Bonchev–Trinajstić information content (AvgIpc) is 3.06. The fourth-order valence-electron chi connectivity index (χ4n) is 2.64. The SMILES string of the molecule is CCN(CCNC(=O)C1(C(N)=S)CCC1)C1CC1. The quantitative estimate of drug-likeness (QED) is 0.678. The Morgan fingerprint density at radius 3 is 2.56 bits per heavy atom. The number of hydrogen-bond donors (Lipinski definition) is 2. The van der Waals surface area contributed by atoms with Gasteiger partial charge in [0, 0.05) is 19.1 Å². The van der Waals surface area contributed by atoms with Crippen LogP contribution >= 0.6 is 12.2 Å². The van der Waals surface area contributed by atoms with Crippen molar-refractivity contribution < 1.29 is 4.79 Å². The highest BCUT2D eigenvalue weighted by Crippen LogP contribution is 2.41. The summed E-state index contributed by atoms with van der Waals surface area (Å²) >= 11 is 5.04. The van der Waals surface area contributed by atoms with E-state index in [0.717, 1.165) is 38.4 Å². The normalized spacial score (nSPS) is 21.4. The van der Waals surface area contributed by atoms with Crippen molar-refractivity contribution in [3.63, 3.8) is 0 Å². The Hall–Kier alpha value is -0.680. The molecule has 0 spiro atoms. The lowest BCUT2D eigenvalue weighted by Gasteiger charge is -2.39. The minimum absolute atomic E-state index is 0.0353. The lowest BCUT2D eigenvalue weighted by Crippen LogP contribution is -2.54. The summed E-state index contributed by atoms with van der Waals surface area (Å²) in [5.41, 5.74) is 5.17. The molecule has 2 saturated carbocycles. The Labute approximate surface area is 114 Å². The highest BCUT2D eigenvalue weighted by molar-refractivity contribution is 7.80. The molecule has 0 unspecified atom stereocenters. The fraction of sp³-hybridized carbons (Fsp3) is 0.846. The topological polar surface area (TPSA) is 58.4 Å². The van der Waals surface area contributed by atoms with E-state index < -0.39 is 5.41 Å². The second kappa shape index (κ2) is 5.53. The van der Waals surface area contributed by atoms with Gasteiger partial charge in [-0.25, -0.2) is 0 Å². The van der Waals surface area contributed by atoms with Crippen molar-refractivity contribution in [1.29, 1.82) is 0 Å². The van der Waals surface area contributed by atoms with Gasteiger partial charge in [-0.2, -0.15) is 0 Å². The number of nitrogens with zero attached hydrogens (tertiary/aromatic N) is 1. The van der Waals surface area contributed by atoms with Gasteiger partial charge in [0.2, 0.25) is 5.91 Å². The van der Waals surface area contributed by atoms with Crippen molar-refractivity contribution >= 4 is 23.1 Å². The number of thiocarbonyl (C=S) groups is 1. The van der Waals surface area contributed by atoms with Crippen LogP contribution in [0.1, 0.15) is 39.0 Å². The second-order valence-corrected chi connectivity index (χ2v) is 5.86. The first kappa shape index (κ1) is 13.7. The summed E-state index contributed by atoms with van der Waals surface area (Å²) in [4.78, 5) is 14.9. The van der Waals surface area contributed by atoms with Gasteiger partial charge >= 0.3 is 0 Å². The summed E-state index contributed by atoms with van der Waals surface area (Å²) in [5, 5.41) is 3.01. The summed E-state index contributed by atoms with van der Waals surface area (Å²) in [6, 6.07) is 0.750. The summed E-state index contributed by atoms with van der Waals surface area (Å²) in [6.45, 7) is 4.86. The van der Waals surface area contributed by atoms with E-state index in [4.69, 9.17) is 18.0 Å². The molecule has 1 amide bonds. The number of likely N-dealkylation sites (N-methyl/N-ethyl adjacent to an activating group) is 1. The fourth-order valence-corrected chi connectivity index (χ4v) is 2.93. The maximum atomic E-state index is 12.1. The van der Waals surface area contributed by atoms with Gasteiger partial charge in [-0.15, -0.1) is 0 Å². The molecule has 5 heteroatoms. The molecule has 2 aliphatic rings. The molecule has 0 bridgehead atoms. The first-order valence-electron chi connectivity index (χ1n) is 6.92. The zero-order chi connectivity index (χ0) is 13.2. The molecule has 0 radical (unpaired) electrons. The van der Waals surface area contributed by atoms with Crippen LogP contribution in [0, 0.1) is 5.41 Å². The maximum absolute atomic E-state index is 12.1. The number of hydrogen-bond acceptors (Lipinski definition) is 3. The number of nitrogens with one attached hydrogen (secondary N) is 1. The van der Waals surface area contributed by atoms with Crippen LogP contribution in [0.3, 0.4) is 0 Å². The van der Waals surface area contributed by atoms with Gasteiger partial charge in [-0.3, -0.25) is 9.69 Å². The van der Waals surface area contributed by atoms with Crippen LogP contribution in [0.4, 0.5) is 0 Å². The van der Waals surface area contributed by atoms with E-state index >= 15 is 0 Å². The minimum atomic E-state index is -0.536. The van der Waals surface area contributed by atoms with Crippen molar-refractivity contribution in [2.75, 3.05) is 19.6 Å². The van der Waals surface area contributed by atoms with Crippen molar-refractivity contribution in [2.45, 2.75) is 45.1 Å². The van der Waals surface area contributed by atoms with Gasteiger partial charge in [-0.05, 0) is 32.2 Å². The standard InChI is InChI=1S/C13H23N3OS/c1-2-16(10-4-5-10)9-8-15-12(17)13(11(14)18)6-3-7-13/h10H,2-9H2,1H3,(H2,14,18)(H,15,17). The van der Waals surface area contributed by atoms with Crippen LogP contribution < -0.4 is 11.1 Å². The van der Waals surface area contributed by atoms with E-state index in [-0.39, 0.29) is 5.91 Å². The number of rotatable bonds is 7. The zero-order valence-corrected chi connectivity index (χ0v) is 11.9. The molecule has 18 heavy (non-hydrogen) atoms. The Kier molecular flexibility index (Phi) is 4.22. The molecule has 102 valence electrons. The van der Waals surface area contributed by atoms with E-state index in [1.54, 1.807) is 0 Å². The molecular weight excluding hydrogens is 246 g/mol. The lowest BCUT2D eigenvalue weighted by molar-refractivity contribution is -0.130. The smallest absolute Gasteiger partial charge is 0.233 e. The predicted molar refractivity (Wildman–Crippen MR) is 76.3 cm³/mol. The molecule has 2 fully saturated rings. The molecular formula is C13H23N3OS. The number of carbonyl (C=O) groups is 1. The third kappa shape index (κ3) is 2.67. The first-order valence-corrected chi connectivity index (χ1v) is 7.33. The van der Waals surface area contributed by atoms with Crippen LogP contribution in [0.15, 0.2) is 0 Å². The zero-order valence-electron chi connectivity index (χ0n) is 11.1. The summed E-state index contributed by atoms with van der Waals surface area (Å²) in [5.74, 6) is 0.0353. The van der Waals surface area contributed by atoms with Crippen LogP contribution in [0.25, 0.3) is 0 Å². The number of carbonyl (C=O) groups excluding carboxylic acids is 1. The van der Waals surface area contributed by atoms with E-state index in [1.165, 1.54) is 12.8 Å². The van der Waals surface area contributed by atoms with Crippen LogP contribution in [-0.2, 0) is 4.79 Å². The maximum Gasteiger partial charge on any atom is 0.233 e. The highest BCUT2D eigenvalue weighted by Gasteiger charge is 2.46.